The number of hydrogen-bond acceptors (Lipinski definition) is 5. The maximum Gasteiger partial charge on any atom is 0.371 e. The second kappa shape index (κ2) is 10.5. The van der Waals surface area contributed by atoms with E-state index >= 15 is 0 Å². The van der Waals surface area contributed by atoms with Gasteiger partial charge in [-0.25, -0.2) is 4.79 Å². The van der Waals surface area contributed by atoms with Gasteiger partial charge in [0.15, 0.2) is 0 Å². The lowest BCUT2D eigenvalue weighted by molar-refractivity contribution is -0.130. The van der Waals surface area contributed by atoms with Gasteiger partial charge in [0, 0.05) is 23.4 Å². The molecule has 8 nitrogen and oxygen atoms in total. The fourth-order valence-electron chi connectivity index (χ4n) is 4.46. The Balaban J connectivity index is 1.48. The molecule has 1 aliphatic rings. The summed E-state index contributed by atoms with van der Waals surface area (Å²) in [7, 11) is 0. The molecule has 0 saturated heterocycles. The fourth-order valence-corrected chi connectivity index (χ4v) is 4.46. The molecule has 2 aromatic carbocycles. The number of rotatable bonds is 8. The van der Waals surface area contributed by atoms with Crippen molar-refractivity contribution in [1.82, 2.24) is 5.32 Å². The van der Waals surface area contributed by atoms with Gasteiger partial charge in [-0.1, -0.05) is 30.3 Å². The van der Waals surface area contributed by atoms with Gasteiger partial charge in [0.25, 0.3) is 0 Å². The van der Waals surface area contributed by atoms with Gasteiger partial charge in [-0.05, 0) is 68.0 Å². The van der Waals surface area contributed by atoms with Gasteiger partial charge in [0.05, 0.1) is 0 Å². The first-order valence-corrected chi connectivity index (χ1v) is 11.5. The highest BCUT2D eigenvalue weighted by atomic mass is 16.4. The summed E-state index contributed by atoms with van der Waals surface area (Å²) in [6.07, 6.45) is 3.75. The number of amides is 2. The Morgan fingerprint density at radius 2 is 1.76 bits per heavy atom. The van der Waals surface area contributed by atoms with Crippen LogP contribution in [0.4, 0.5) is 5.69 Å². The van der Waals surface area contributed by atoms with Gasteiger partial charge in [0.2, 0.25) is 17.6 Å². The van der Waals surface area contributed by atoms with E-state index in [0.717, 1.165) is 31.2 Å². The van der Waals surface area contributed by atoms with Gasteiger partial charge >= 0.3 is 5.97 Å². The van der Waals surface area contributed by atoms with Crippen LogP contribution in [0.25, 0.3) is 11.0 Å². The molecule has 0 radical (unpaired) electrons. The van der Waals surface area contributed by atoms with Gasteiger partial charge in [-0.15, -0.1) is 0 Å². The number of carboxylic acids is 1. The van der Waals surface area contributed by atoms with Crippen molar-refractivity contribution in [3.8, 4) is 0 Å². The largest absolute Gasteiger partial charge is 0.475 e. The standard InChI is InChI=1S/C26H29N3O5/c27-15-17-6-8-18(9-7-17)24(30)29-21(12-16-4-2-1-3-5-16)25(31)28-20-10-11-22-19(13-20)14-23(34-22)26(32)33/h1-5,10-11,13-14,17-18,21H,6-9,12,15,27H2,(H,28,31)(H,29,30)(H,32,33)/t17?,18?,21-/m0/s1. The molecule has 1 heterocycles. The normalized spacial score (nSPS) is 18.9. The number of nitrogens with one attached hydrogen (secondary N) is 2. The lowest BCUT2D eigenvalue weighted by Crippen LogP contribution is -2.48. The number of furan rings is 1. The number of hydrogen-bond donors (Lipinski definition) is 4. The molecule has 1 aliphatic carbocycles. The zero-order chi connectivity index (χ0) is 24.1. The number of nitrogens with two attached hydrogens (primary N) is 1. The van der Waals surface area contributed by atoms with Crippen LogP contribution in [-0.2, 0) is 16.0 Å². The Bertz CT molecular complexity index is 1170. The minimum Gasteiger partial charge on any atom is -0.475 e. The summed E-state index contributed by atoms with van der Waals surface area (Å²) in [6.45, 7) is 0.641. The Labute approximate surface area is 197 Å². The molecule has 178 valence electrons. The van der Waals surface area contributed by atoms with Crippen molar-refractivity contribution in [2.75, 3.05) is 11.9 Å². The van der Waals surface area contributed by atoms with Crippen molar-refractivity contribution in [1.29, 1.82) is 0 Å². The monoisotopic (exact) mass is 463 g/mol. The molecule has 4 rings (SSSR count). The first-order chi connectivity index (χ1) is 16.4. The van der Waals surface area contributed by atoms with Crippen LogP contribution in [0.5, 0.6) is 0 Å². The Morgan fingerprint density at radius 3 is 2.44 bits per heavy atom. The van der Waals surface area contributed by atoms with E-state index in [2.05, 4.69) is 10.6 Å². The molecule has 0 unspecified atom stereocenters. The van der Waals surface area contributed by atoms with E-state index < -0.39 is 12.0 Å². The lowest BCUT2D eigenvalue weighted by Gasteiger charge is -2.28. The van der Waals surface area contributed by atoms with Crippen LogP contribution in [0, 0.1) is 11.8 Å². The minimum atomic E-state index is -1.16. The number of carbonyl (C=O) groups is 3. The average molecular weight is 464 g/mol. The van der Waals surface area contributed by atoms with Crippen molar-refractivity contribution >= 4 is 34.4 Å². The number of benzene rings is 2. The van der Waals surface area contributed by atoms with Crippen molar-refractivity contribution < 1.29 is 23.9 Å². The highest BCUT2D eigenvalue weighted by molar-refractivity contribution is 5.99. The summed E-state index contributed by atoms with van der Waals surface area (Å²) in [4.78, 5) is 37.4. The van der Waals surface area contributed by atoms with Crippen molar-refractivity contribution in [2.24, 2.45) is 17.6 Å². The van der Waals surface area contributed by atoms with Crippen molar-refractivity contribution in [2.45, 2.75) is 38.1 Å². The average Bonchev–Trinajstić information content (AvgIpc) is 3.28. The summed E-state index contributed by atoms with van der Waals surface area (Å²) in [5, 5.41) is 15.5. The molecule has 1 fully saturated rings. The molecule has 5 N–H and O–H groups in total. The van der Waals surface area contributed by atoms with Gasteiger partial charge in [0.1, 0.15) is 11.6 Å². The van der Waals surface area contributed by atoms with E-state index in [1.54, 1.807) is 18.2 Å². The molecule has 0 spiro atoms. The molecule has 1 atom stereocenters. The first-order valence-electron chi connectivity index (χ1n) is 11.5. The molecule has 8 heteroatoms. The number of fused-ring (bicyclic) bond motifs is 1. The van der Waals surface area contributed by atoms with Crippen molar-refractivity contribution in [3.05, 3.63) is 65.9 Å². The number of anilines is 1. The number of aromatic carboxylic acids is 1. The van der Waals surface area contributed by atoms with Crippen LogP contribution in [0.15, 0.2) is 59.0 Å². The van der Waals surface area contributed by atoms with Crippen LogP contribution < -0.4 is 16.4 Å². The van der Waals surface area contributed by atoms with Crippen LogP contribution >= 0.6 is 0 Å². The predicted octanol–water partition coefficient (Wildman–Crippen LogP) is 3.56. The SMILES string of the molecule is NCC1CCC(C(=O)N[C@@H](Cc2ccccc2)C(=O)Nc2ccc3oc(C(=O)O)cc3c2)CC1. The maximum absolute atomic E-state index is 13.2. The van der Waals surface area contributed by atoms with Gasteiger partial charge < -0.3 is 25.9 Å². The topological polar surface area (TPSA) is 135 Å². The highest BCUT2D eigenvalue weighted by Gasteiger charge is 2.29. The number of carboxylic acid groups (broad SMARTS) is 1. The van der Waals surface area contributed by atoms with E-state index in [1.165, 1.54) is 6.07 Å². The van der Waals surface area contributed by atoms with Crippen LogP contribution in [0.2, 0.25) is 0 Å². The molecule has 2 amide bonds. The zero-order valence-corrected chi connectivity index (χ0v) is 18.8. The van der Waals surface area contributed by atoms with Crippen LogP contribution in [0.1, 0.15) is 41.8 Å². The third-order valence-electron chi connectivity index (χ3n) is 6.46. The molecule has 1 aromatic heterocycles. The van der Waals surface area contributed by atoms with E-state index in [-0.39, 0.29) is 23.5 Å². The Kier molecular flexibility index (Phi) is 7.27. The predicted molar refractivity (Wildman–Crippen MR) is 128 cm³/mol. The Morgan fingerprint density at radius 1 is 1.03 bits per heavy atom. The highest BCUT2D eigenvalue weighted by Crippen LogP contribution is 2.28. The zero-order valence-electron chi connectivity index (χ0n) is 18.8. The molecule has 3 aromatic rings. The molecule has 0 bridgehead atoms. The van der Waals surface area contributed by atoms with Gasteiger partial charge in [-0.3, -0.25) is 9.59 Å². The third kappa shape index (κ3) is 5.63. The summed E-state index contributed by atoms with van der Waals surface area (Å²) >= 11 is 0. The van der Waals surface area contributed by atoms with Crippen molar-refractivity contribution in [3.63, 3.8) is 0 Å². The Hall–Kier alpha value is -3.65. The van der Waals surface area contributed by atoms with E-state index in [9.17, 15) is 14.4 Å². The van der Waals surface area contributed by atoms with E-state index in [4.69, 9.17) is 15.3 Å². The number of carbonyl (C=O) groups excluding carboxylic acids is 2. The van der Waals surface area contributed by atoms with E-state index in [0.29, 0.717) is 35.5 Å². The first kappa shape index (κ1) is 23.5. The summed E-state index contributed by atoms with van der Waals surface area (Å²) in [5.41, 5.74) is 7.61. The molecular formula is C26H29N3O5. The molecule has 34 heavy (non-hydrogen) atoms. The third-order valence-corrected chi connectivity index (χ3v) is 6.46. The minimum absolute atomic E-state index is 0.108. The lowest BCUT2D eigenvalue weighted by atomic mass is 9.81. The molecular weight excluding hydrogens is 434 g/mol. The van der Waals surface area contributed by atoms with Crippen LogP contribution in [-0.4, -0.2) is 35.5 Å². The summed E-state index contributed by atoms with van der Waals surface area (Å²) in [5.74, 6) is -1.43. The quantitative estimate of drug-likeness (QED) is 0.403. The second-order valence-corrected chi connectivity index (χ2v) is 8.86. The summed E-state index contributed by atoms with van der Waals surface area (Å²) in [6, 6.07) is 15.1. The second-order valence-electron chi connectivity index (χ2n) is 8.86. The molecule has 1 saturated carbocycles. The maximum atomic E-state index is 13.2. The molecule has 0 aliphatic heterocycles. The summed E-state index contributed by atoms with van der Waals surface area (Å²) < 4.78 is 5.27. The smallest absolute Gasteiger partial charge is 0.371 e. The fraction of sp³-hybridized carbons (Fsp3) is 0.346. The van der Waals surface area contributed by atoms with E-state index in [1.807, 2.05) is 30.3 Å². The van der Waals surface area contributed by atoms with Gasteiger partial charge in [-0.2, -0.15) is 0 Å². The van der Waals surface area contributed by atoms with Crippen LogP contribution in [0.3, 0.4) is 0 Å².